The third-order valence-electron chi connectivity index (χ3n) is 8.38. The number of carbonyl (C=O) groups is 2. The van der Waals surface area contributed by atoms with Crippen molar-refractivity contribution in [2.24, 2.45) is 0 Å². The summed E-state index contributed by atoms with van der Waals surface area (Å²) in [5, 5.41) is 6.16. The number of hydrogen-bond donors (Lipinski definition) is 2. The van der Waals surface area contributed by atoms with Crippen molar-refractivity contribution in [2.45, 2.75) is 70.1 Å². The Labute approximate surface area is 254 Å². The van der Waals surface area contributed by atoms with Crippen LogP contribution < -0.4 is 16.2 Å². The Morgan fingerprint density at radius 2 is 1.84 bits per heavy atom. The highest BCUT2D eigenvalue weighted by atomic mass is 19.3. The molecule has 0 radical (unpaired) electrons. The highest BCUT2D eigenvalue weighted by molar-refractivity contribution is 6.05. The molecule has 232 valence electrons. The van der Waals surface area contributed by atoms with E-state index in [1.165, 1.54) is 0 Å². The van der Waals surface area contributed by atoms with Crippen LogP contribution in [0.25, 0.3) is 11.1 Å². The van der Waals surface area contributed by atoms with E-state index in [0.29, 0.717) is 29.8 Å². The van der Waals surface area contributed by atoms with Crippen LogP contribution in [0.1, 0.15) is 82.1 Å². The Kier molecular flexibility index (Phi) is 8.10. The van der Waals surface area contributed by atoms with Crippen LogP contribution in [0.2, 0.25) is 0 Å². The molecule has 44 heavy (non-hydrogen) atoms. The second kappa shape index (κ2) is 11.9. The van der Waals surface area contributed by atoms with Crippen molar-refractivity contribution in [1.82, 2.24) is 19.8 Å². The van der Waals surface area contributed by atoms with Gasteiger partial charge in [0.25, 0.3) is 23.3 Å². The van der Waals surface area contributed by atoms with Gasteiger partial charge in [-0.3, -0.25) is 14.4 Å². The van der Waals surface area contributed by atoms with E-state index in [2.05, 4.69) is 10.6 Å². The number of benzene rings is 1. The molecule has 9 nitrogen and oxygen atoms in total. The van der Waals surface area contributed by atoms with Gasteiger partial charge in [-0.1, -0.05) is 17.7 Å². The summed E-state index contributed by atoms with van der Waals surface area (Å²) < 4.78 is 34.1. The van der Waals surface area contributed by atoms with E-state index >= 15 is 0 Å². The Morgan fingerprint density at radius 3 is 2.50 bits per heavy atom. The van der Waals surface area contributed by atoms with E-state index < -0.39 is 30.8 Å². The number of alkyl halides is 2. The number of rotatable bonds is 11. The van der Waals surface area contributed by atoms with Gasteiger partial charge in [-0.15, -0.1) is 0 Å². The summed E-state index contributed by atoms with van der Waals surface area (Å²) in [4.78, 5) is 46.1. The molecule has 1 aromatic carbocycles. The number of halogens is 2. The molecule has 0 bridgehead atoms. The maximum atomic E-state index is 13.6. The van der Waals surface area contributed by atoms with Crippen molar-refractivity contribution in [3.05, 3.63) is 80.9 Å². The molecule has 2 N–H and O–H groups in total. The van der Waals surface area contributed by atoms with E-state index in [4.69, 9.17) is 9.72 Å². The van der Waals surface area contributed by atoms with Crippen molar-refractivity contribution in [1.29, 1.82) is 0 Å². The molecular formula is C33H37F2N5O4. The van der Waals surface area contributed by atoms with Crippen molar-refractivity contribution in [2.75, 3.05) is 32.1 Å². The molecule has 11 heteroatoms. The first-order valence-corrected chi connectivity index (χ1v) is 15.1. The normalized spacial score (nSPS) is 18.1. The number of methoxy groups -OCH3 is 1. The van der Waals surface area contributed by atoms with Crippen LogP contribution in [-0.4, -0.2) is 65.0 Å². The maximum Gasteiger partial charge on any atom is 0.282 e. The third kappa shape index (κ3) is 6.58. The Balaban J connectivity index is 1.31. The number of pyridine rings is 2. The molecule has 2 aromatic heterocycles. The number of carbonyl (C=O) groups excluding carboxylic acids is 2. The first kappa shape index (κ1) is 30.1. The monoisotopic (exact) mass is 605 g/mol. The summed E-state index contributed by atoms with van der Waals surface area (Å²) in [5.41, 5.74) is 3.63. The third-order valence-corrected chi connectivity index (χ3v) is 8.38. The van der Waals surface area contributed by atoms with Crippen LogP contribution in [0.4, 0.5) is 14.6 Å². The van der Waals surface area contributed by atoms with E-state index in [1.807, 2.05) is 32.2 Å². The molecule has 0 unspecified atom stereocenters. The lowest BCUT2D eigenvalue weighted by molar-refractivity contribution is -0.113. The molecule has 2 amide bonds. The lowest BCUT2D eigenvalue weighted by Crippen LogP contribution is -2.58. The summed E-state index contributed by atoms with van der Waals surface area (Å²) in [5.74, 6) is -3.42. The minimum Gasteiger partial charge on any atom is -0.380 e. The zero-order valence-corrected chi connectivity index (χ0v) is 25.2. The number of aryl methyl sites for hydroxylation is 1. The van der Waals surface area contributed by atoms with Crippen LogP contribution >= 0.6 is 0 Å². The number of likely N-dealkylation sites (tertiary alicyclic amines) is 1. The van der Waals surface area contributed by atoms with Crippen molar-refractivity contribution >= 4 is 17.6 Å². The smallest absolute Gasteiger partial charge is 0.282 e. The second-order valence-electron chi connectivity index (χ2n) is 12.3. The van der Waals surface area contributed by atoms with Gasteiger partial charge in [0, 0.05) is 49.6 Å². The van der Waals surface area contributed by atoms with Gasteiger partial charge in [0.2, 0.25) is 0 Å². The van der Waals surface area contributed by atoms with Gasteiger partial charge >= 0.3 is 0 Å². The predicted molar refractivity (Wildman–Crippen MR) is 162 cm³/mol. The molecule has 2 saturated carbocycles. The van der Waals surface area contributed by atoms with Gasteiger partial charge in [0.15, 0.2) is 0 Å². The molecule has 0 spiro atoms. The molecule has 1 atom stereocenters. The number of amides is 2. The summed E-state index contributed by atoms with van der Waals surface area (Å²) in [7, 11) is 1.64. The van der Waals surface area contributed by atoms with Gasteiger partial charge in [0.1, 0.15) is 11.4 Å². The number of aromatic nitrogens is 2. The van der Waals surface area contributed by atoms with Crippen molar-refractivity contribution in [3.63, 3.8) is 0 Å². The number of hydrogen-bond acceptors (Lipinski definition) is 6. The molecule has 3 heterocycles. The van der Waals surface area contributed by atoms with Gasteiger partial charge in [-0.25, -0.2) is 13.8 Å². The highest BCUT2D eigenvalue weighted by Gasteiger charge is 2.46. The van der Waals surface area contributed by atoms with Crippen molar-refractivity contribution < 1.29 is 23.1 Å². The molecule has 1 aliphatic heterocycles. The van der Waals surface area contributed by atoms with Crippen LogP contribution in [0, 0.1) is 6.92 Å². The molecular weight excluding hydrogens is 568 g/mol. The molecule has 3 fully saturated rings. The van der Waals surface area contributed by atoms with Gasteiger partial charge < -0.3 is 24.8 Å². The fourth-order valence-corrected chi connectivity index (χ4v) is 5.50. The summed E-state index contributed by atoms with van der Waals surface area (Å²) in [6.45, 7) is 3.66. The van der Waals surface area contributed by atoms with E-state index in [9.17, 15) is 23.2 Å². The maximum absolute atomic E-state index is 13.6. The lowest BCUT2D eigenvalue weighted by Gasteiger charge is -2.39. The Bertz CT molecular complexity index is 1660. The van der Waals surface area contributed by atoms with Crippen LogP contribution in [0.3, 0.4) is 0 Å². The van der Waals surface area contributed by atoms with Crippen molar-refractivity contribution in [3.8, 4) is 11.1 Å². The summed E-state index contributed by atoms with van der Waals surface area (Å²) >= 11 is 0. The minimum atomic E-state index is -2.87. The fraction of sp³-hybridized carbons (Fsp3) is 0.455. The average Bonchev–Trinajstić information content (AvgIpc) is 3.89. The number of nitrogens with zero attached hydrogens (tertiary/aromatic N) is 3. The van der Waals surface area contributed by atoms with Gasteiger partial charge in [-0.05, 0) is 80.5 Å². The zero-order valence-electron chi connectivity index (χ0n) is 25.2. The largest absolute Gasteiger partial charge is 0.380 e. The first-order chi connectivity index (χ1) is 21.0. The number of anilines is 1. The summed E-state index contributed by atoms with van der Waals surface area (Å²) in [6.07, 6.45) is 5.51. The van der Waals surface area contributed by atoms with E-state index in [-0.39, 0.29) is 35.0 Å². The SMILES string of the molecule is CO[C@@H](C)CNCc1cc(C(=O)Nc2cc(-c3ccc(C)cc3C(=O)N3CC(F)(F)C3)cc(C3CC3)n2)c(=O)n(C2CC2)c1. The van der Waals surface area contributed by atoms with Gasteiger partial charge in [0.05, 0.1) is 19.2 Å². The molecule has 2 aliphatic carbocycles. The van der Waals surface area contributed by atoms with Crippen LogP contribution in [-0.2, 0) is 11.3 Å². The molecule has 6 rings (SSSR count). The standard InChI is InChI=1S/C33H37F2N5O4/c1-19-4-9-25(26(10-19)31(42)39-17-33(34,35)18-39)23-12-28(22-5-6-22)37-29(13-23)38-30(41)27-11-21(15-36-14-20(2)44-3)16-40(32(27)43)24-7-8-24/h4,9-13,16,20,22,24,36H,5-8,14-15,17-18H2,1-3H3,(H,37,38,41)/t20-/m0/s1. The highest BCUT2D eigenvalue weighted by Crippen LogP contribution is 2.42. The average molecular weight is 606 g/mol. The topological polar surface area (TPSA) is 106 Å². The Hall–Kier alpha value is -3.96. The van der Waals surface area contributed by atoms with E-state index in [0.717, 1.165) is 47.4 Å². The molecule has 3 aliphatic rings. The number of nitrogens with one attached hydrogen (secondary N) is 2. The van der Waals surface area contributed by atoms with Gasteiger partial charge in [-0.2, -0.15) is 0 Å². The zero-order chi connectivity index (χ0) is 31.2. The summed E-state index contributed by atoms with van der Waals surface area (Å²) in [6, 6.07) is 10.6. The Morgan fingerprint density at radius 1 is 1.09 bits per heavy atom. The van der Waals surface area contributed by atoms with Crippen LogP contribution in [0.15, 0.2) is 47.4 Å². The first-order valence-electron chi connectivity index (χ1n) is 15.1. The van der Waals surface area contributed by atoms with E-state index in [1.54, 1.807) is 35.9 Å². The fourth-order valence-electron chi connectivity index (χ4n) is 5.50. The quantitative estimate of drug-likeness (QED) is 0.322. The molecule has 1 saturated heterocycles. The number of ether oxygens (including phenoxy) is 1. The lowest BCUT2D eigenvalue weighted by atomic mass is 9.95. The second-order valence-corrected chi connectivity index (χ2v) is 12.3. The predicted octanol–water partition coefficient (Wildman–Crippen LogP) is 4.90. The molecule has 3 aromatic rings. The van der Waals surface area contributed by atoms with Crippen LogP contribution in [0.5, 0.6) is 0 Å². The minimum absolute atomic E-state index is 0.0160.